The number of halogens is 1. The quantitative estimate of drug-likeness (QED) is 0.808. The topological polar surface area (TPSA) is 39.9 Å². The second-order valence-electron chi connectivity index (χ2n) is 4.97. The molecule has 0 spiro atoms. The monoisotopic (exact) mass is 279 g/mol. The number of rotatable bonds is 4. The molecule has 0 N–H and O–H groups in total. The second kappa shape index (κ2) is 5.47. The fraction of sp³-hybridized carbons (Fsp3) is 0.571. The largest absolute Gasteiger partial charge is 0.379 e. The molecule has 0 aliphatic heterocycles. The van der Waals surface area contributed by atoms with Crippen LogP contribution in [0.2, 0.25) is 0 Å². The number of fused-ring (bicyclic) bond motifs is 1. The molecule has 102 valence electrons. The Morgan fingerprint density at radius 2 is 2.37 bits per heavy atom. The molecule has 2 unspecified atom stereocenters. The Labute approximate surface area is 117 Å². The highest BCUT2D eigenvalue weighted by Crippen LogP contribution is 2.35. The van der Waals surface area contributed by atoms with Gasteiger partial charge in [0.15, 0.2) is 0 Å². The Kier molecular flexibility index (Phi) is 3.71. The van der Waals surface area contributed by atoms with Crippen LogP contribution in [0.3, 0.4) is 0 Å². The summed E-state index contributed by atoms with van der Waals surface area (Å²) in [6.45, 7) is 0. The van der Waals surface area contributed by atoms with Crippen LogP contribution < -0.4 is 0 Å². The molecular weight excluding hydrogens is 262 g/mol. The summed E-state index contributed by atoms with van der Waals surface area (Å²) in [5.41, 5.74) is 2.09. The lowest BCUT2D eigenvalue weighted by molar-refractivity contribution is 0.0753. The predicted octanol–water partition coefficient (Wildman–Crippen LogP) is 2.95. The van der Waals surface area contributed by atoms with Gasteiger partial charge in [-0.25, -0.2) is 4.98 Å². The van der Waals surface area contributed by atoms with Crippen LogP contribution in [-0.4, -0.2) is 33.6 Å². The van der Waals surface area contributed by atoms with E-state index >= 15 is 0 Å². The molecule has 2 atom stereocenters. The molecule has 0 radical (unpaired) electrons. The third-order valence-electron chi connectivity index (χ3n) is 3.94. The molecule has 0 saturated heterocycles. The molecule has 0 amide bonds. The Hall–Kier alpha value is -1.13. The summed E-state index contributed by atoms with van der Waals surface area (Å²) < 4.78 is 7.95. The molecule has 19 heavy (non-hydrogen) atoms. The van der Waals surface area contributed by atoms with E-state index in [1.807, 2.05) is 18.5 Å². The van der Waals surface area contributed by atoms with Crippen molar-refractivity contribution in [2.45, 2.75) is 37.8 Å². The zero-order valence-electron chi connectivity index (χ0n) is 11.1. The van der Waals surface area contributed by atoms with Crippen molar-refractivity contribution in [2.24, 2.45) is 0 Å². The van der Waals surface area contributed by atoms with Crippen molar-refractivity contribution in [1.82, 2.24) is 14.5 Å². The van der Waals surface area contributed by atoms with Gasteiger partial charge in [-0.1, -0.05) is 0 Å². The maximum atomic E-state index is 5.91. The van der Waals surface area contributed by atoms with Crippen molar-refractivity contribution in [3.63, 3.8) is 0 Å². The Balaban J connectivity index is 2.11. The van der Waals surface area contributed by atoms with E-state index in [9.17, 15) is 0 Å². The summed E-state index contributed by atoms with van der Waals surface area (Å²) in [7, 11) is 1.80. The van der Waals surface area contributed by atoms with Gasteiger partial charge in [0.2, 0.25) is 0 Å². The van der Waals surface area contributed by atoms with E-state index in [1.54, 1.807) is 7.11 Å². The molecule has 5 heteroatoms. The SMILES string of the molecule is COC1CCCC1n1c(CCCl)nc2cnccc21. The van der Waals surface area contributed by atoms with Gasteiger partial charge in [0.05, 0.1) is 23.9 Å². The van der Waals surface area contributed by atoms with Gasteiger partial charge < -0.3 is 9.30 Å². The van der Waals surface area contributed by atoms with E-state index in [2.05, 4.69) is 14.5 Å². The van der Waals surface area contributed by atoms with Crippen LogP contribution >= 0.6 is 11.6 Å². The molecule has 1 aliphatic rings. The fourth-order valence-electron chi connectivity index (χ4n) is 3.11. The third-order valence-corrected chi connectivity index (χ3v) is 4.12. The first-order chi connectivity index (χ1) is 9.35. The first-order valence-electron chi connectivity index (χ1n) is 6.74. The number of hydrogen-bond acceptors (Lipinski definition) is 3. The minimum absolute atomic E-state index is 0.277. The zero-order valence-corrected chi connectivity index (χ0v) is 11.8. The maximum Gasteiger partial charge on any atom is 0.111 e. The molecule has 1 saturated carbocycles. The number of nitrogens with zero attached hydrogens (tertiary/aromatic N) is 3. The molecule has 0 bridgehead atoms. The number of imidazole rings is 1. The predicted molar refractivity (Wildman–Crippen MR) is 75.6 cm³/mol. The summed E-state index contributed by atoms with van der Waals surface area (Å²) in [4.78, 5) is 8.83. The van der Waals surface area contributed by atoms with E-state index in [0.29, 0.717) is 11.9 Å². The van der Waals surface area contributed by atoms with Crippen LogP contribution in [-0.2, 0) is 11.2 Å². The van der Waals surface area contributed by atoms with Crippen LogP contribution in [0, 0.1) is 0 Å². The van der Waals surface area contributed by atoms with Gasteiger partial charge in [-0.05, 0) is 25.3 Å². The summed E-state index contributed by atoms with van der Waals surface area (Å²) in [5.74, 6) is 1.63. The molecule has 2 aromatic rings. The van der Waals surface area contributed by atoms with Gasteiger partial charge >= 0.3 is 0 Å². The Bertz CT molecular complexity index is 569. The van der Waals surface area contributed by atoms with Crippen molar-refractivity contribution in [2.75, 3.05) is 13.0 Å². The van der Waals surface area contributed by atoms with Gasteiger partial charge in [0.25, 0.3) is 0 Å². The van der Waals surface area contributed by atoms with Crippen LogP contribution in [0.25, 0.3) is 11.0 Å². The third kappa shape index (κ3) is 2.23. The maximum absolute atomic E-state index is 5.91. The molecule has 1 fully saturated rings. The highest BCUT2D eigenvalue weighted by molar-refractivity contribution is 6.17. The van der Waals surface area contributed by atoms with Gasteiger partial charge in [-0.15, -0.1) is 11.6 Å². The lowest BCUT2D eigenvalue weighted by Crippen LogP contribution is -2.22. The van der Waals surface area contributed by atoms with Crippen LogP contribution in [0.5, 0.6) is 0 Å². The summed E-state index contributed by atoms with van der Waals surface area (Å²) in [6.07, 6.45) is 8.16. The number of methoxy groups -OCH3 is 1. The number of aromatic nitrogens is 3. The average molecular weight is 280 g/mol. The number of hydrogen-bond donors (Lipinski definition) is 0. The molecule has 0 aromatic carbocycles. The van der Waals surface area contributed by atoms with Crippen molar-refractivity contribution in [3.05, 3.63) is 24.3 Å². The van der Waals surface area contributed by atoms with Crippen molar-refractivity contribution in [3.8, 4) is 0 Å². The normalized spacial score (nSPS) is 23.3. The molecule has 1 aliphatic carbocycles. The van der Waals surface area contributed by atoms with Crippen molar-refractivity contribution >= 4 is 22.6 Å². The average Bonchev–Trinajstić information content (AvgIpc) is 3.01. The van der Waals surface area contributed by atoms with E-state index in [0.717, 1.165) is 36.1 Å². The van der Waals surface area contributed by atoms with Gasteiger partial charge in [0, 0.05) is 25.6 Å². The molecule has 3 rings (SSSR count). The number of alkyl halides is 1. The van der Waals surface area contributed by atoms with E-state index < -0.39 is 0 Å². The molecule has 4 nitrogen and oxygen atoms in total. The van der Waals surface area contributed by atoms with Gasteiger partial charge in [-0.2, -0.15) is 0 Å². The smallest absolute Gasteiger partial charge is 0.111 e. The lowest BCUT2D eigenvalue weighted by Gasteiger charge is -2.22. The fourth-order valence-corrected chi connectivity index (χ4v) is 3.28. The summed E-state index contributed by atoms with van der Waals surface area (Å²) in [5, 5.41) is 0. The highest BCUT2D eigenvalue weighted by Gasteiger charge is 2.31. The Morgan fingerprint density at radius 1 is 1.47 bits per heavy atom. The van der Waals surface area contributed by atoms with Gasteiger partial charge in [-0.3, -0.25) is 4.98 Å². The first-order valence-corrected chi connectivity index (χ1v) is 7.28. The highest BCUT2D eigenvalue weighted by atomic mass is 35.5. The van der Waals surface area contributed by atoms with Crippen LogP contribution in [0.15, 0.2) is 18.5 Å². The van der Waals surface area contributed by atoms with E-state index in [4.69, 9.17) is 16.3 Å². The number of ether oxygens (including phenoxy) is 1. The van der Waals surface area contributed by atoms with E-state index in [1.165, 1.54) is 6.42 Å². The van der Waals surface area contributed by atoms with Crippen molar-refractivity contribution < 1.29 is 4.74 Å². The molecule has 2 aromatic heterocycles. The summed E-state index contributed by atoms with van der Waals surface area (Å²) in [6, 6.07) is 2.40. The second-order valence-corrected chi connectivity index (χ2v) is 5.35. The molecule has 2 heterocycles. The Morgan fingerprint density at radius 3 is 3.16 bits per heavy atom. The van der Waals surface area contributed by atoms with Crippen LogP contribution in [0.4, 0.5) is 0 Å². The minimum atomic E-state index is 0.277. The lowest BCUT2D eigenvalue weighted by atomic mass is 10.2. The van der Waals surface area contributed by atoms with Gasteiger partial charge in [0.1, 0.15) is 11.3 Å². The zero-order chi connectivity index (χ0) is 13.2. The van der Waals surface area contributed by atoms with E-state index in [-0.39, 0.29) is 6.10 Å². The first kappa shape index (κ1) is 12.9. The summed E-state index contributed by atoms with van der Waals surface area (Å²) >= 11 is 5.91. The minimum Gasteiger partial charge on any atom is -0.379 e. The standard InChI is InChI=1S/C14H18ClN3O/c1-19-13-4-2-3-12(13)18-11-6-8-16-9-10(11)17-14(18)5-7-15/h6,8-9,12-13H,2-5,7H2,1H3. The number of pyridine rings is 1. The number of aryl methyl sites for hydroxylation is 1. The van der Waals surface area contributed by atoms with Crippen molar-refractivity contribution in [1.29, 1.82) is 0 Å². The van der Waals surface area contributed by atoms with Crippen LogP contribution in [0.1, 0.15) is 31.1 Å². The molecular formula is C14H18ClN3O.